The summed E-state index contributed by atoms with van der Waals surface area (Å²) in [6.45, 7) is 3.51. The maximum absolute atomic E-state index is 12.7. The summed E-state index contributed by atoms with van der Waals surface area (Å²) >= 11 is 0. The van der Waals surface area contributed by atoms with Gasteiger partial charge in [-0.2, -0.15) is 13.2 Å². The molecular weight excluding hydrogens is 259 g/mol. The average molecular weight is 275 g/mol. The molecule has 0 heterocycles. The summed E-state index contributed by atoms with van der Waals surface area (Å²) < 4.78 is 43.1. The van der Waals surface area contributed by atoms with Crippen LogP contribution in [0.15, 0.2) is 18.2 Å². The van der Waals surface area contributed by atoms with Gasteiger partial charge in [-0.1, -0.05) is 19.1 Å². The number of ether oxygens (including phenoxy) is 1. The van der Waals surface area contributed by atoms with Crippen LogP contribution in [0.3, 0.4) is 0 Å². The summed E-state index contributed by atoms with van der Waals surface area (Å²) in [6, 6.07) is 3.57. The van der Waals surface area contributed by atoms with E-state index >= 15 is 0 Å². The van der Waals surface area contributed by atoms with Gasteiger partial charge in [0.05, 0.1) is 18.1 Å². The van der Waals surface area contributed by atoms with Crippen LogP contribution in [0.1, 0.15) is 37.3 Å². The molecule has 0 saturated heterocycles. The highest BCUT2D eigenvalue weighted by atomic mass is 19.4. The third-order valence-corrected chi connectivity index (χ3v) is 2.80. The molecule has 0 spiro atoms. The molecule has 0 aliphatic carbocycles. The zero-order valence-electron chi connectivity index (χ0n) is 10.8. The molecule has 2 N–H and O–H groups in total. The van der Waals surface area contributed by atoms with E-state index in [1.165, 1.54) is 12.1 Å². The number of carbonyl (C=O) groups is 1. The molecule has 6 heteroatoms. The van der Waals surface area contributed by atoms with Gasteiger partial charge in [0.25, 0.3) is 0 Å². The first kappa shape index (κ1) is 15.3. The molecule has 19 heavy (non-hydrogen) atoms. The van der Waals surface area contributed by atoms with Crippen molar-refractivity contribution in [3.05, 3.63) is 29.3 Å². The third-order valence-electron chi connectivity index (χ3n) is 2.80. The largest absolute Gasteiger partial charge is 0.466 e. The molecule has 0 fully saturated rings. The van der Waals surface area contributed by atoms with Crippen LogP contribution in [0.2, 0.25) is 0 Å². The minimum absolute atomic E-state index is 0.163. The summed E-state index contributed by atoms with van der Waals surface area (Å²) in [6.07, 6.45) is -4.21. The monoisotopic (exact) mass is 275 g/mol. The molecule has 1 rings (SSSR count). The van der Waals surface area contributed by atoms with Gasteiger partial charge < -0.3 is 10.5 Å². The van der Waals surface area contributed by atoms with Crippen molar-refractivity contribution in [3.8, 4) is 0 Å². The molecule has 0 saturated carbocycles. The Morgan fingerprint density at radius 1 is 1.37 bits per heavy atom. The van der Waals surface area contributed by atoms with E-state index < -0.39 is 29.3 Å². The highest BCUT2D eigenvalue weighted by Gasteiger charge is 2.35. The quantitative estimate of drug-likeness (QED) is 0.677. The third kappa shape index (κ3) is 3.39. The molecule has 0 amide bonds. The first-order valence-electron chi connectivity index (χ1n) is 5.95. The van der Waals surface area contributed by atoms with E-state index in [0.29, 0.717) is 6.42 Å². The number of benzene rings is 1. The van der Waals surface area contributed by atoms with Crippen LogP contribution in [-0.2, 0) is 15.7 Å². The number of alkyl halides is 3. The Morgan fingerprint density at radius 2 is 2.00 bits per heavy atom. The predicted octanol–water partition coefficient (Wildman–Crippen LogP) is 3.34. The lowest BCUT2D eigenvalue weighted by Crippen LogP contribution is -2.19. The predicted molar refractivity (Wildman–Crippen MR) is 65.5 cm³/mol. The lowest BCUT2D eigenvalue weighted by Gasteiger charge is -2.19. The molecule has 0 aromatic heterocycles. The summed E-state index contributed by atoms with van der Waals surface area (Å²) in [4.78, 5) is 11.7. The molecule has 1 unspecified atom stereocenters. The molecule has 1 aromatic rings. The second-order valence-corrected chi connectivity index (χ2v) is 4.02. The van der Waals surface area contributed by atoms with Crippen molar-refractivity contribution in [2.45, 2.75) is 32.4 Å². The zero-order chi connectivity index (χ0) is 14.6. The fraction of sp³-hybridized carbons (Fsp3) is 0.462. The topological polar surface area (TPSA) is 52.3 Å². The van der Waals surface area contributed by atoms with Gasteiger partial charge >= 0.3 is 12.1 Å². The molecule has 0 aliphatic heterocycles. The van der Waals surface area contributed by atoms with Gasteiger partial charge in [-0.15, -0.1) is 0 Å². The molecule has 1 aromatic carbocycles. The Balaban J connectivity index is 3.23. The number of hydrogen-bond donors (Lipinski definition) is 1. The van der Waals surface area contributed by atoms with Crippen LogP contribution < -0.4 is 5.73 Å². The summed E-state index contributed by atoms with van der Waals surface area (Å²) in [5.41, 5.74) is 4.38. The Labute approximate surface area is 109 Å². The summed E-state index contributed by atoms with van der Waals surface area (Å²) in [5, 5.41) is 0. The maximum atomic E-state index is 12.7. The van der Waals surface area contributed by atoms with Gasteiger partial charge in [0, 0.05) is 5.69 Å². The maximum Gasteiger partial charge on any atom is 0.418 e. The van der Waals surface area contributed by atoms with Gasteiger partial charge in [0.15, 0.2) is 0 Å². The molecule has 1 atom stereocenters. The highest BCUT2D eigenvalue weighted by molar-refractivity contribution is 5.81. The van der Waals surface area contributed by atoms with Crippen molar-refractivity contribution in [2.75, 3.05) is 12.3 Å². The standard InChI is InChI=1S/C13H16F3NO2/c1-3-8(12(18)19-4-2)9-6-5-7-10(11(9)17)13(14,15)16/h5-8H,3-4,17H2,1-2H3. The van der Waals surface area contributed by atoms with E-state index in [1.807, 2.05) is 0 Å². The fourth-order valence-corrected chi connectivity index (χ4v) is 1.89. The van der Waals surface area contributed by atoms with E-state index in [-0.39, 0.29) is 12.2 Å². The lowest BCUT2D eigenvalue weighted by atomic mass is 9.93. The van der Waals surface area contributed by atoms with Crippen LogP contribution in [0.25, 0.3) is 0 Å². The number of anilines is 1. The Hall–Kier alpha value is -1.72. The van der Waals surface area contributed by atoms with Crippen LogP contribution >= 0.6 is 0 Å². The number of carbonyl (C=O) groups excluding carboxylic acids is 1. The molecule has 0 aliphatic rings. The van der Waals surface area contributed by atoms with E-state index in [1.54, 1.807) is 13.8 Å². The number of para-hydroxylation sites is 1. The first-order valence-corrected chi connectivity index (χ1v) is 5.95. The van der Waals surface area contributed by atoms with Crippen molar-refractivity contribution in [1.82, 2.24) is 0 Å². The van der Waals surface area contributed by atoms with E-state index in [2.05, 4.69) is 0 Å². The average Bonchev–Trinajstić information content (AvgIpc) is 2.31. The molecular formula is C13H16F3NO2. The number of rotatable bonds is 4. The van der Waals surface area contributed by atoms with Gasteiger partial charge in [-0.3, -0.25) is 4.79 Å². The van der Waals surface area contributed by atoms with Crippen LogP contribution in [0.4, 0.5) is 18.9 Å². The van der Waals surface area contributed by atoms with Crippen molar-refractivity contribution in [3.63, 3.8) is 0 Å². The zero-order valence-corrected chi connectivity index (χ0v) is 10.8. The van der Waals surface area contributed by atoms with Crippen LogP contribution in [0, 0.1) is 0 Å². The lowest BCUT2D eigenvalue weighted by molar-refractivity contribution is -0.145. The molecule has 0 bridgehead atoms. The second kappa shape index (κ2) is 5.95. The summed E-state index contributed by atoms with van der Waals surface area (Å²) in [5.74, 6) is -1.33. The van der Waals surface area contributed by atoms with Gasteiger partial charge in [0.2, 0.25) is 0 Å². The normalized spacial score (nSPS) is 13.1. The minimum Gasteiger partial charge on any atom is -0.466 e. The van der Waals surface area contributed by atoms with Gasteiger partial charge in [0.1, 0.15) is 0 Å². The molecule has 0 radical (unpaired) electrons. The summed E-state index contributed by atoms with van der Waals surface area (Å²) in [7, 11) is 0. The number of halogens is 3. The molecule has 3 nitrogen and oxygen atoms in total. The Kier molecular flexibility index (Phi) is 4.80. The number of hydrogen-bond acceptors (Lipinski definition) is 3. The fourth-order valence-electron chi connectivity index (χ4n) is 1.89. The number of nitrogens with two attached hydrogens (primary N) is 1. The van der Waals surface area contributed by atoms with E-state index in [0.717, 1.165) is 6.07 Å². The van der Waals surface area contributed by atoms with Gasteiger partial charge in [-0.25, -0.2) is 0 Å². The Bertz CT molecular complexity index is 458. The second-order valence-electron chi connectivity index (χ2n) is 4.02. The van der Waals surface area contributed by atoms with Crippen LogP contribution in [0.5, 0.6) is 0 Å². The Morgan fingerprint density at radius 3 is 2.47 bits per heavy atom. The van der Waals surface area contributed by atoms with Gasteiger partial charge in [-0.05, 0) is 25.0 Å². The molecule has 106 valence electrons. The number of nitrogen functional groups attached to an aromatic ring is 1. The van der Waals surface area contributed by atoms with E-state index in [4.69, 9.17) is 10.5 Å². The minimum atomic E-state index is -4.53. The first-order chi connectivity index (χ1) is 8.82. The smallest absolute Gasteiger partial charge is 0.418 e. The highest BCUT2D eigenvalue weighted by Crippen LogP contribution is 2.38. The van der Waals surface area contributed by atoms with E-state index in [9.17, 15) is 18.0 Å². The SMILES string of the molecule is CCOC(=O)C(CC)c1cccc(C(F)(F)F)c1N. The number of esters is 1. The van der Waals surface area contributed by atoms with Crippen LogP contribution in [-0.4, -0.2) is 12.6 Å². The van der Waals surface area contributed by atoms with Crippen molar-refractivity contribution in [1.29, 1.82) is 0 Å². The van der Waals surface area contributed by atoms with Crippen molar-refractivity contribution >= 4 is 11.7 Å². The van der Waals surface area contributed by atoms with Crippen molar-refractivity contribution in [2.24, 2.45) is 0 Å². The van der Waals surface area contributed by atoms with Crippen molar-refractivity contribution < 1.29 is 22.7 Å².